The number of aromatic nitrogens is 3. The SMILES string of the molecule is COc1cc(C(=O)NCC(O)(c2cc3c(c(Br)n2)OC[C@]3(C)C(N)=O)C(F)(F)F)cc2cn(C3CC3)nc12. The number of ether oxygens (including phenoxy) is 2. The van der Waals surface area contributed by atoms with Crippen LogP contribution in [0.25, 0.3) is 10.9 Å². The van der Waals surface area contributed by atoms with Gasteiger partial charge in [-0.1, -0.05) is 0 Å². The molecule has 2 aromatic heterocycles. The number of nitrogens with two attached hydrogens (primary N) is 1. The molecule has 1 aromatic carbocycles. The van der Waals surface area contributed by atoms with Crippen LogP contribution in [-0.4, -0.2) is 58.1 Å². The minimum atomic E-state index is -5.25. The third-order valence-corrected chi connectivity index (χ3v) is 7.50. The van der Waals surface area contributed by atoms with Crippen molar-refractivity contribution >= 4 is 38.6 Å². The zero-order valence-corrected chi connectivity index (χ0v) is 21.8. The van der Waals surface area contributed by atoms with Gasteiger partial charge in [0.15, 0.2) is 5.75 Å². The first-order valence-electron chi connectivity index (χ1n) is 11.6. The van der Waals surface area contributed by atoms with E-state index in [4.69, 9.17) is 15.2 Å². The molecule has 3 heterocycles. The molecule has 1 fully saturated rings. The van der Waals surface area contributed by atoms with Crippen LogP contribution in [-0.2, 0) is 15.8 Å². The molecule has 202 valence electrons. The molecule has 0 saturated heterocycles. The lowest BCUT2D eigenvalue weighted by Gasteiger charge is -2.31. The Bertz CT molecular complexity index is 1470. The maximum Gasteiger partial charge on any atom is 0.424 e. The molecule has 2 aliphatic rings. The Labute approximate surface area is 222 Å². The number of methoxy groups -OCH3 is 1. The van der Waals surface area contributed by atoms with Crippen LogP contribution in [0.4, 0.5) is 13.2 Å². The largest absolute Gasteiger partial charge is 0.494 e. The quantitative estimate of drug-likeness (QED) is 0.355. The number of benzene rings is 1. The summed E-state index contributed by atoms with van der Waals surface area (Å²) in [6.45, 7) is -0.0473. The molecule has 2 atom stereocenters. The maximum atomic E-state index is 14.3. The molecular formula is C24H23BrF3N5O5. The fraction of sp³-hybridized carbons (Fsp3) is 0.417. The Morgan fingerprint density at radius 3 is 2.66 bits per heavy atom. The van der Waals surface area contributed by atoms with Gasteiger partial charge < -0.3 is 25.6 Å². The third-order valence-electron chi connectivity index (χ3n) is 6.97. The van der Waals surface area contributed by atoms with Crippen LogP contribution < -0.4 is 20.5 Å². The van der Waals surface area contributed by atoms with E-state index in [1.54, 1.807) is 10.9 Å². The van der Waals surface area contributed by atoms with E-state index in [2.05, 4.69) is 31.3 Å². The van der Waals surface area contributed by atoms with Crippen molar-refractivity contribution in [3.8, 4) is 11.5 Å². The number of primary amides is 1. The summed E-state index contributed by atoms with van der Waals surface area (Å²) in [5.41, 5.74) is 0.173. The summed E-state index contributed by atoms with van der Waals surface area (Å²) in [6.07, 6.45) is -1.53. The second-order valence-electron chi connectivity index (χ2n) is 9.66. The first-order valence-corrected chi connectivity index (χ1v) is 12.4. The van der Waals surface area contributed by atoms with Crippen molar-refractivity contribution in [2.75, 3.05) is 20.3 Å². The normalized spacial score (nSPS) is 20.5. The first kappa shape index (κ1) is 26.2. The number of nitrogens with zero attached hydrogens (tertiary/aromatic N) is 3. The maximum absolute atomic E-state index is 14.3. The van der Waals surface area contributed by atoms with E-state index in [0.717, 1.165) is 18.9 Å². The summed E-state index contributed by atoms with van der Waals surface area (Å²) < 4.78 is 55.2. The number of halogens is 4. The monoisotopic (exact) mass is 597 g/mol. The van der Waals surface area contributed by atoms with Crippen molar-refractivity contribution in [2.24, 2.45) is 5.73 Å². The summed E-state index contributed by atoms with van der Waals surface area (Å²) in [7, 11) is 1.40. The predicted molar refractivity (Wildman–Crippen MR) is 131 cm³/mol. The second-order valence-corrected chi connectivity index (χ2v) is 10.4. The van der Waals surface area contributed by atoms with Crippen molar-refractivity contribution in [3.05, 3.63) is 45.8 Å². The smallest absolute Gasteiger partial charge is 0.424 e. The first-order chi connectivity index (χ1) is 17.8. The number of carbonyl (C=O) groups excluding carboxylic acids is 2. The fourth-order valence-corrected chi connectivity index (χ4v) is 4.86. The molecule has 1 saturated carbocycles. The van der Waals surface area contributed by atoms with Crippen molar-refractivity contribution < 1.29 is 37.3 Å². The molecule has 1 aliphatic carbocycles. The third kappa shape index (κ3) is 4.15. The van der Waals surface area contributed by atoms with Crippen LogP contribution >= 0.6 is 15.9 Å². The van der Waals surface area contributed by atoms with Crippen LogP contribution in [0.1, 0.15) is 47.4 Å². The number of fused-ring (bicyclic) bond motifs is 2. The minimum Gasteiger partial charge on any atom is -0.494 e. The van der Waals surface area contributed by atoms with Crippen LogP contribution in [0.3, 0.4) is 0 Å². The number of nitrogens with one attached hydrogen (secondary N) is 1. The number of hydrogen-bond donors (Lipinski definition) is 3. The summed E-state index contributed by atoms with van der Waals surface area (Å²) in [6, 6.07) is 4.06. The molecule has 14 heteroatoms. The van der Waals surface area contributed by atoms with E-state index in [9.17, 15) is 27.9 Å². The molecular weight excluding hydrogens is 575 g/mol. The summed E-state index contributed by atoms with van der Waals surface area (Å²) in [5, 5.41) is 18.1. The van der Waals surface area contributed by atoms with E-state index in [0.29, 0.717) is 10.9 Å². The zero-order valence-electron chi connectivity index (χ0n) is 20.2. The van der Waals surface area contributed by atoms with Crippen molar-refractivity contribution in [2.45, 2.75) is 43.0 Å². The molecule has 3 aromatic rings. The predicted octanol–water partition coefficient (Wildman–Crippen LogP) is 2.85. The van der Waals surface area contributed by atoms with Crippen LogP contribution in [0, 0.1) is 0 Å². The summed E-state index contributed by atoms with van der Waals surface area (Å²) in [5.74, 6) is -1.36. The Kier molecular flexibility index (Phi) is 6.10. The lowest BCUT2D eigenvalue weighted by Crippen LogP contribution is -2.51. The van der Waals surface area contributed by atoms with E-state index < -0.39 is 41.2 Å². The Morgan fingerprint density at radius 2 is 2.05 bits per heavy atom. The molecule has 0 spiro atoms. The number of pyridine rings is 1. The lowest BCUT2D eigenvalue weighted by atomic mass is 9.82. The molecule has 0 bridgehead atoms. The van der Waals surface area contributed by atoms with Gasteiger partial charge in [0, 0.05) is 22.7 Å². The van der Waals surface area contributed by atoms with Gasteiger partial charge in [0.2, 0.25) is 11.5 Å². The fourth-order valence-electron chi connectivity index (χ4n) is 4.34. The van der Waals surface area contributed by atoms with Gasteiger partial charge >= 0.3 is 6.18 Å². The average molecular weight is 598 g/mol. The average Bonchev–Trinajstić information content (AvgIpc) is 3.52. The highest BCUT2D eigenvalue weighted by Crippen LogP contribution is 2.46. The molecule has 10 nitrogen and oxygen atoms in total. The molecule has 1 unspecified atom stereocenters. The van der Waals surface area contributed by atoms with Crippen LogP contribution in [0.5, 0.6) is 11.5 Å². The van der Waals surface area contributed by atoms with E-state index in [1.165, 1.54) is 26.2 Å². The number of amides is 2. The molecule has 38 heavy (non-hydrogen) atoms. The van der Waals surface area contributed by atoms with Gasteiger partial charge in [-0.15, -0.1) is 0 Å². The molecule has 2 amide bonds. The van der Waals surface area contributed by atoms with Gasteiger partial charge in [-0.3, -0.25) is 14.3 Å². The van der Waals surface area contributed by atoms with Gasteiger partial charge in [-0.2, -0.15) is 18.3 Å². The molecule has 1 aliphatic heterocycles. The topological polar surface area (TPSA) is 142 Å². The number of aliphatic hydroxyl groups is 1. The van der Waals surface area contributed by atoms with E-state index >= 15 is 0 Å². The van der Waals surface area contributed by atoms with Crippen molar-refractivity contribution in [1.82, 2.24) is 20.1 Å². The van der Waals surface area contributed by atoms with Gasteiger partial charge in [0.05, 0.1) is 25.4 Å². The van der Waals surface area contributed by atoms with Crippen LogP contribution in [0.2, 0.25) is 0 Å². The van der Waals surface area contributed by atoms with Gasteiger partial charge in [0.1, 0.15) is 27.9 Å². The highest BCUT2D eigenvalue weighted by atomic mass is 79.9. The zero-order chi connectivity index (χ0) is 27.6. The van der Waals surface area contributed by atoms with Crippen molar-refractivity contribution in [1.29, 1.82) is 0 Å². The summed E-state index contributed by atoms with van der Waals surface area (Å²) in [4.78, 5) is 28.9. The van der Waals surface area contributed by atoms with E-state index in [1.807, 2.05) is 0 Å². The van der Waals surface area contributed by atoms with E-state index in [-0.39, 0.29) is 39.9 Å². The van der Waals surface area contributed by atoms with Crippen LogP contribution in [0.15, 0.2) is 29.0 Å². The number of rotatable bonds is 7. The molecule has 5 rings (SSSR count). The minimum absolute atomic E-state index is 0.0204. The summed E-state index contributed by atoms with van der Waals surface area (Å²) >= 11 is 3.05. The Hall–Kier alpha value is -3.39. The number of alkyl halides is 3. The standard InChI is InChI=1S/C24H23BrF3N5O5/c1-22(21(29)35)10-38-18-14(22)7-16(31-19(18)25)23(36,24(26,27)28)9-30-20(34)11-5-12-8-33(13-3-4-13)32-17(12)15(6-11)37-2/h5-8,13,36H,3-4,9-10H2,1-2H3,(H2,29,35)(H,30,34)/t22-,23?/m0/s1. The molecule has 4 N–H and O–H groups in total. The number of hydrogen-bond acceptors (Lipinski definition) is 7. The molecule has 0 radical (unpaired) electrons. The van der Waals surface area contributed by atoms with Gasteiger partial charge in [-0.25, -0.2) is 4.98 Å². The highest BCUT2D eigenvalue weighted by Gasteiger charge is 2.57. The van der Waals surface area contributed by atoms with Gasteiger partial charge in [-0.05, 0) is 53.9 Å². The van der Waals surface area contributed by atoms with Gasteiger partial charge in [0.25, 0.3) is 5.91 Å². The Morgan fingerprint density at radius 1 is 1.34 bits per heavy atom. The highest BCUT2D eigenvalue weighted by molar-refractivity contribution is 9.10. The van der Waals surface area contributed by atoms with Crippen molar-refractivity contribution in [3.63, 3.8) is 0 Å². The lowest BCUT2D eigenvalue weighted by molar-refractivity contribution is -0.265. The Balaban J connectivity index is 1.47. The number of carbonyl (C=O) groups is 2. The second kappa shape index (κ2) is 8.83.